The molecule has 0 spiro atoms. The molecule has 0 aliphatic carbocycles. The van der Waals surface area contributed by atoms with Crippen molar-refractivity contribution in [3.63, 3.8) is 0 Å². The highest BCUT2D eigenvalue weighted by Gasteiger charge is 2.18. The summed E-state index contributed by atoms with van der Waals surface area (Å²) in [4.78, 5) is 11.1. The van der Waals surface area contributed by atoms with Crippen LogP contribution in [0.5, 0.6) is 0 Å². The van der Waals surface area contributed by atoms with Crippen LogP contribution in [0.3, 0.4) is 0 Å². The second-order valence-corrected chi connectivity index (χ2v) is 10.6. The van der Waals surface area contributed by atoms with E-state index in [1.807, 2.05) is 0 Å². The molecule has 0 aliphatic heterocycles. The van der Waals surface area contributed by atoms with E-state index >= 15 is 0 Å². The highest BCUT2D eigenvalue weighted by atomic mass is 16.3. The van der Waals surface area contributed by atoms with Gasteiger partial charge in [0.2, 0.25) is 5.91 Å². The zero-order valence-electron chi connectivity index (χ0n) is 23.1. The van der Waals surface area contributed by atoms with Gasteiger partial charge in [-0.25, -0.2) is 0 Å². The summed E-state index contributed by atoms with van der Waals surface area (Å²) >= 11 is 0. The third-order valence-corrected chi connectivity index (χ3v) is 7.15. The van der Waals surface area contributed by atoms with Crippen LogP contribution in [0.1, 0.15) is 168 Å². The lowest BCUT2D eigenvalue weighted by Crippen LogP contribution is -2.44. The molecule has 0 aromatic heterocycles. The topological polar surface area (TPSA) is 69.6 Å². The van der Waals surface area contributed by atoms with Crippen molar-refractivity contribution >= 4 is 5.91 Å². The maximum absolute atomic E-state index is 11.1. The Hall–Kier alpha value is -0.610. The van der Waals surface area contributed by atoms with Crippen LogP contribution in [-0.4, -0.2) is 34.9 Å². The number of aliphatic hydroxyl groups excluding tert-OH is 2. The SMILES string of the molecule is CCCCCCCCCCCCCCCCCCCCCCCCCC(O)C(CO)NC(C)=O. The quantitative estimate of drug-likeness (QED) is 0.103. The van der Waals surface area contributed by atoms with E-state index in [1.165, 1.54) is 142 Å². The predicted octanol–water partition coefficient (Wildman–Crippen LogP) is 8.23. The number of carbonyl (C=O) groups is 1. The summed E-state index contributed by atoms with van der Waals surface area (Å²) in [5.74, 6) is -0.206. The van der Waals surface area contributed by atoms with E-state index in [0.717, 1.165) is 12.8 Å². The fourth-order valence-corrected chi connectivity index (χ4v) is 4.86. The zero-order valence-corrected chi connectivity index (χ0v) is 23.1. The lowest BCUT2D eigenvalue weighted by molar-refractivity contribution is -0.121. The third kappa shape index (κ3) is 24.5. The molecule has 204 valence electrons. The van der Waals surface area contributed by atoms with E-state index in [2.05, 4.69) is 12.2 Å². The minimum atomic E-state index is -0.649. The lowest BCUT2D eigenvalue weighted by atomic mass is 10.0. The average Bonchev–Trinajstić information content (AvgIpc) is 2.82. The Morgan fingerprint density at radius 2 is 0.882 bits per heavy atom. The van der Waals surface area contributed by atoms with Crippen molar-refractivity contribution in [1.29, 1.82) is 0 Å². The van der Waals surface area contributed by atoms with Crippen molar-refractivity contribution in [2.24, 2.45) is 0 Å². The molecule has 0 aromatic carbocycles. The van der Waals surface area contributed by atoms with Gasteiger partial charge < -0.3 is 15.5 Å². The summed E-state index contributed by atoms with van der Waals surface area (Å²) in [6.45, 7) is 3.49. The molecule has 0 aliphatic rings. The molecule has 0 aromatic rings. The van der Waals surface area contributed by atoms with Gasteiger partial charge in [0.25, 0.3) is 0 Å². The molecule has 0 rings (SSSR count). The fraction of sp³-hybridized carbons (Fsp3) is 0.967. The Morgan fingerprint density at radius 3 is 1.15 bits per heavy atom. The summed E-state index contributed by atoms with van der Waals surface area (Å²) < 4.78 is 0. The summed E-state index contributed by atoms with van der Waals surface area (Å²) in [5, 5.41) is 21.9. The van der Waals surface area contributed by atoms with Crippen LogP contribution in [0, 0.1) is 0 Å². The molecule has 2 atom stereocenters. The minimum Gasteiger partial charge on any atom is -0.394 e. The second kappa shape index (κ2) is 27.0. The van der Waals surface area contributed by atoms with Gasteiger partial charge in [0.1, 0.15) is 0 Å². The molecule has 1 amide bonds. The van der Waals surface area contributed by atoms with E-state index in [1.54, 1.807) is 0 Å². The van der Waals surface area contributed by atoms with E-state index in [9.17, 15) is 15.0 Å². The Labute approximate surface area is 213 Å². The number of unbranched alkanes of at least 4 members (excludes halogenated alkanes) is 22. The first-order valence-electron chi connectivity index (χ1n) is 15.2. The number of amides is 1. The number of carbonyl (C=O) groups excluding carboxylic acids is 1. The van der Waals surface area contributed by atoms with Crippen LogP contribution in [0.4, 0.5) is 0 Å². The lowest BCUT2D eigenvalue weighted by Gasteiger charge is -2.21. The Kier molecular flexibility index (Phi) is 26.5. The summed E-state index contributed by atoms with van der Waals surface area (Å²) in [5.41, 5.74) is 0. The van der Waals surface area contributed by atoms with Gasteiger partial charge in [-0.2, -0.15) is 0 Å². The van der Waals surface area contributed by atoms with Gasteiger partial charge in [-0.1, -0.05) is 155 Å². The van der Waals surface area contributed by atoms with Crippen LogP contribution < -0.4 is 5.32 Å². The van der Waals surface area contributed by atoms with Crippen molar-refractivity contribution in [3.05, 3.63) is 0 Å². The summed E-state index contributed by atoms with van der Waals surface area (Å²) in [7, 11) is 0. The Morgan fingerprint density at radius 1 is 0.588 bits per heavy atom. The maximum atomic E-state index is 11.1. The molecule has 3 N–H and O–H groups in total. The Balaban J connectivity index is 3.20. The van der Waals surface area contributed by atoms with Crippen molar-refractivity contribution in [3.8, 4) is 0 Å². The molecular weight excluding hydrogens is 422 g/mol. The number of rotatable bonds is 27. The van der Waals surface area contributed by atoms with E-state index in [4.69, 9.17) is 0 Å². The smallest absolute Gasteiger partial charge is 0.217 e. The zero-order chi connectivity index (χ0) is 25.1. The van der Waals surface area contributed by atoms with E-state index in [-0.39, 0.29) is 12.5 Å². The fourth-order valence-electron chi connectivity index (χ4n) is 4.86. The van der Waals surface area contributed by atoms with Gasteiger partial charge in [-0.3, -0.25) is 4.79 Å². The van der Waals surface area contributed by atoms with Crippen molar-refractivity contribution in [2.45, 2.75) is 180 Å². The van der Waals surface area contributed by atoms with Crippen LogP contribution in [-0.2, 0) is 4.79 Å². The third-order valence-electron chi connectivity index (χ3n) is 7.15. The first-order valence-corrected chi connectivity index (χ1v) is 15.2. The molecule has 0 heterocycles. The molecule has 0 fully saturated rings. The largest absolute Gasteiger partial charge is 0.394 e. The van der Waals surface area contributed by atoms with E-state index in [0.29, 0.717) is 6.42 Å². The molecular formula is C30H61NO3. The van der Waals surface area contributed by atoms with Gasteiger partial charge in [0.05, 0.1) is 18.8 Å². The Bertz CT molecular complexity index is 416. The first-order chi connectivity index (χ1) is 16.6. The average molecular weight is 484 g/mol. The molecule has 2 unspecified atom stereocenters. The minimum absolute atomic E-state index is 0.206. The second-order valence-electron chi connectivity index (χ2n) is 10.6. The van der Waals surface area contributed by atoms with Crippen LogP contribution in [0.2, 0.25) is 0 Å². The number of hydrogen-bond acceptors (Lipinski definition) is 3. The summed E-state index contributed by atoms with van der Waals surface area (Å²) in [6, 6.07) is -0.530. The number of hydrogen-bond donors (Lipinski definition) is 3. The van der Waals surface area contributed by atoms with Crippen LogP contribution in [0.25, 0.3) is 0 Å². The van der Waals surface area contributed by atoms with Crippen molar-refractivity contribution in [1.82, 2.24) is 5.32 Å². The molecule has 4 heteroatoms. The van der Waals surface area contributed by atoms with Crippen molar-refractivity contribution < 1.29 is 15.0 Å². The monoisotopic (exact) mass is 483 g/mol. The van der Waals surface area contributed by atoms with Crippen molar-refractivity contribution in [2.75, 3.05) is 6.61 Å². The molecule has 34 heavy (non-hydrogen) atoms. The number of nitrogens with one attached hydrogen (secondary N) is 1. The number of aliphatic hydroxyl groups is 2. The first kappa shape index (κ1) is 33.4. The molecule has 0 radical (unpaired) electrons. The van der Waals surface area contributed by atoms with Crippen LogP contribution >= 0.6 is 0 Å². The standard InChI is InChI=1S/C30H61NO3/c1-3-4-5-6-7-8-9-10-11-12-13-14-15-16-17-18-19-20-21-22-23-24-25-26-30(34)29(27-32)31-28(2)33/h29-30,32,34H,3-27H2,1-2H3,(H,31,33). The van der Waals surface area contributed by atoms with Gasteiger partial charge in [-0.15, -0.1) is 0 Å². The molecule has 0 bridgehead atoms. The predicted molar refractivity (Wildman–Crippen MR) is 147 cm³/mol. The van der Waals surface area contributed by atoms with Gasteiger partial charge >= 0.3 is 0 Å². The molecule has 0 saturated carbocycles. The van der Waals surface area contributed by atoms with Crippen LogP contribution in [0.15, 0.2) is 0 Å². The highest BCUT2D eigenvalue weighted by Crippen LogP contribution is 2.16. The van der Waals surface area contributed by atoms with Gasteiger partial charge in [-0.05, 0) is 6.42 Å². The van der Waals surface area contributed by atoms with E-state index < -0.39 is 12.1 Å². The summed E-state index contributed by atoms with van der Waals surface area (Å²) in [6.07, 6.45) is 31.6. The highest BCUT2D eigenvalue weighted by molar-refractivity contribution is 5.73. The normalized spacial score (nSPS) is 13.2. The van der Waals surface area contributed by atoms with Gasteiger partial charge in [0.15, 0.2) is 0 Å². The molecule has 0 saturated heterocycles. The molecule has 4 nitrogen and oxygen atoms in total. The van der Waals surface area contributed by atoms with Gasteiger partial charge in [0, 0.05) is 6.92 Å². The maximum Gasteiger partial charge on any atom is 0.217 e.